The first-order valence-electron chi connectivity index (χ1n) is 8.09. The van der Waals surface area contributed by atoms with Crippen molar-refractivity contribution in [2.24, 2.45) is 4.99 Å². The molecule has 2 N–H and O–H groups in total. The van der Waals surface area contributed by atoms with E-state index >= 15 is 0 Å². The van der Waals surface area contributed by atoms with Gasteiger partial charge in [0.2, 0.25) is 5.88 Å². The van der Waals surface area contributed by atoms with E-state index in [2.05, 4.69) is 20.6 Å². The Morgan fingerprint density at radius 1 is 1.29 bits per heavy atom. The molecule has 0 radical (unpaired) electrons. The normalized spacial score (nSPS) is 16.2. The van der Waals surface area contributed by atoms with Crippen LogP contribution in [0.3, 0.4) is 0 Å². The van der Waals surface area contributed by atoms with Gasteiger partial charge >= 0.3 is 6.18 Å². The van der Waals surface area contributed by atoms with Gasteiger partial charge in [-0.05, 0) is 31.2 Å². The number of guanidine groups is 1. The third-order valence-electron chi connectivity index (χ3n) is 3.77. The van der Waals surface area contributed by atoms with E-state index in [0.717, 1.165) is 18.4 Å². The molecule has 1 fully saturated rings. The third kappa shape index (κ3) is 6.64. The fourth-order valence-corrected chi connectivity index (χ4v) is 2.49. The minimum absolute atomic E-state index is 0.213. The number of nitrogens with one attached hydrogen (secondary N) is 2. The Kier molecular flexibility index (Phi) is 6.69. The molecule has 0 spiro atoms. The maximum absolute atomic E-state index is 12.1. The van der Waals surface area contributed by atoms with Crippen molar-refractivity contribution in [1.82, 2.24) is 15.6 Å². The molecule has 2 rings (SSSR count). The van der Waals surface area contributed by atoms with Crippen molar-refractivity contribution in [3.63, 3.8) is 0 Å². The van der Waals surface area contributed by atoms with Crippen molar-refractivity contribution >= 4 is 5.96 Å². The molecule has 8 heteroatoms. The number of alkyl halides is 3. The predicted octanol–water partition coefficient (Wildman–Crippen LogP) is 3.02. The van der Waals surface area contributed by atoms with E-state index in [0.29, 0.717) is 18.4 Å². The molecule has 0 unspecified atom stereocenters. The number of aromatic nitrogens is 1. The first-order chi connectivity index (χ1) is 11.5. The molecule has 5 nitrogen and oxygen atoms in total. The van der Waals surface area contributed by atoms with Crippen LogP contribution in [0.1, 0.15) is 37.7 Å². The Morgan fingerprint density at radius 2 is 2.04 bits per heavy atom. The summed E-state index contributed by atoms with van der Waals surface area (Å²) in [6.07, 6.45) is 1.43. The molecule has 0 saturated heterocycles. The van der Waals surface area contributed by atoms with Gasteiger partial charge in [0.25, 0.3) is 0 Å². The van der Waals surface area contributed by atoms with Crippen LogP contribution in [0.2, 0.25) is 0 Å². The standard InChI is InChI=1S/C16H23F3N4O/c1-20-15(21-9-8-16(17,18)19)23-11-12-6-7-14(22-10-12)24-13-4-2-3-5-13/h6-7,10,13H,2-5,8-9,11H2,1H3,(H2,20,21,23). The van der Waals surface area contributed by atoms with Crippen LogP contribution >= 0.6 is 0 Å². The minimum Gasteiger partial charge on any atom is -0.474 e. The summed E-state index contributed by atoms with van der Waals surface area (Å²) in [4.78, 5) is 8.16. The summed E-state index contributed by atoms with van der Waals surface area (Å²) >= 11 is 0. The molecule has 1 saturated carbocycles. The smallest absolute Gasteiger partial charge is 0.390 e. The van der Waals surface area contributed by atoms with Gasteiger partial charge in [-0.2, -0.15) is 13.2 Å². The lowest BCUT2D eigenvalue weighted by molar-refractivity contribution is -0.132. The topological polar surface area (TPSA) is 58.5 Å². The van der Waals surface area contributed by atoms with E-state index in [1.165, 1.54) is 19.9 Å². The SMILES string of the molecule is CN=C(NCCC(F)(F)F)NCc1ccc(OC2CCCC2)nc1. The van der Waals surface area contributed by atoms with Crippen LogP contribution in [-0.4, -0.2) is 36.8 Å². The summed E-state index contributed by atoms with van der Waals surface area (Å²) in [7, 11) is 1.51. The summed E-state index contributed by atoms with van der Waals surface area (Å²) in [5, 5.41) is 5.58. The van der Waals surface area contributed by atoms with Crippen LogP contribution in [0.5, 0.6) is 5.88 Å². The number of hydrogen-bond acceptors (Lipinski definition) is 3. The molecule has 1 aromatic heterocycles. The number of ether oxygens (including phenoxy) is 1. The van der Waals surface area contributed by atoms with Gasteiger partial charge in [0, 0.05) is 32.4 Å². The fraction of sp³-hybridized carbons (Fsp3) is 0.625. The summed E-state index contributed by atoms with van der Waals surface area (Å²) in [6, 6.07) is 3.70. The van der Waals surface area contributed by atoms with E-state index in [9.17, 15) is 13.2 Å². The lowest BCUT2D eigenvalue weighted by Crippen LogP contribution is -2.38. The molecule has 1 heterocycles. The Labute approximate surface area is 139 Å². The molecule has 0 amide bonds. The molecule has 0 aliphatic heterocycles. The van der Waals surface area contributed by atoms with E-state index in [-0.39, 0.29) is 12.6 Å². The zero-order valence-electron chi connectivity index (χ0n) is 13.7. The van der Waals surface area contributed by atoms with Crippen LogP contribution in [0, 0.1) is 0 Å². The zero-order valence-corrected chi connectivity index (χ0v) is 13.7. The van der Waals surface area contributed by atoms with Gasteiger partial charge < -0.3 is 15.4 Å². The van der Waals surface area contributed by atoms with Gasteiger partial charge in [-0.15, -0.1) is 0 Å². The van der Waals surface area contributed by atoms with Crippen LogP contribution in [-0.2, 0) is 6.54 Å². The van der Waals surface area contributed by atoms with E-state index in [4.69, 9.17) is 4.74 Å². The highest BCUT2D eigenvalue weighted by Gasteiger charge is 2.26. The van der Waals surface area contributed by atoms with Crippen molar-refractivity contribution < 1.29 is 17.9 Å². The van der Waals surface area contributed by atoms with Gasteiger partial charge in [0.05, 0.1) is 6.42 Å². The lowest BCUT2D eigenvalue weighted by atomic mass is 10.3. The summed E-state index contributed by atoms with van der Waals surface area (Å²) in [5.74, 6) is 0.934. The maximum atomic E-state index is 12.1. The Hall–Kier alpha value is -1.99. The fourth-order valence-electron chi connectivity index (χ4n) is 2.49. The van der Waals surface area contributed by atoms with Crippen molar-refractivity contribution in [1.29, 1.82) is 0 Å². The highest BCUT2D eigenvalue weighted by molar-refractivity contribution is 5.79. The Balaban J connectivity index is 1.74. The monoisotopic (exact) mass is 344 g/mol. The molecule has 1 aliphatic rings. The van der Waals surface area contributed by atoms with E-state index in [1.807, 2.05) is 12.1 Å². The number of pyridine rings is 1. The molecular formula is C16H23F3N4O. The predicted molar refractivity (Wildman–Crippen MR) is 86.0 cm³/mol. The Bertz CT molecular complexity index is 525. The molecule has 0 aromatic carbocycles. The zero-order chi connectivity index (χ0) is 17.4. The first kappa shape index (κ1) is 18.4. The van der Waals surface area contributed by atoms with Gasteiger partial charge in [-0.1, -0.05) is 6.07 Å². The second-order valence-corrected chi connectivity index (χ2v) is 5.75. The summed E-state index contributed by atoms with van der Waals surface area (Å²) in [6.45, 7) is 0.206. The molecule has 24 heavy (non-hydrogen) atoms. The second kappa shape index (κ2) is 8.75. The van der Waals surface area contributed by atoms with Gasteiger partial charge in [0.15, 0.2) is 5.96 Å². The van der Waals surface area contributed by atoms with Gasteiger partial charge in [-0.25, -0.2) is 4.98 Å². The average molecular weight is 344 g/mol. The molecule has 0 atom stereocenters. The van der Waals surface area contributed by atoms with Crippen LogP contribution < -0.4 is 15.4 Å². The van der Waals surface area contributed by atoms with Crippen LogP contribution in [0.4, 0.5) is 13.2 Å². The molecule has 0 bridgehead atoms. The van der Waals surface area contributed by atoms with Crippen molar-refractivity contribution in [2.45, 2.75) is 50.9 Å². The van der Waals surface area contributed by atoms with Crippen molar-refractivity contribution in [3.8, 4) is 5.88 Å². The van der Waals surface area contributed by atoms with E-state index < -0.39 is 12.6 Å². The lowest BCUT2D eigenvalue weighted by Gasteiger charge is -2.14. The maximum Gasteiger partial charge on any atom is 0.390 e. The third-order valence-corrected chi connectivity index (χ3v) is 3.77. The Morgan fingerprint density at radius 3 is 2.62 bits per heavy atom. The highest BCUT2D eigenvalue weighted by atomic mass is 19.4. The average Bonchev–Trinajstić information content (AvgIpc) is 3.04. The number of rotatable bonds is 6. The summed E-state index contributed by atoms with van der Waals surface area (Å²) < 4.78 is 42.2. The number of hydrogen-bond donors (Lipinski definition) is 2. The van der Waals surface area contributed by atoms with Crippen LogP contribution in [0.15, 0.2) is 23.3 Å². The minimum atomic E-state index is -4.18. The van der Waals surface area contributed by atoms with Crippen LogP contribution in [0.25, 0.3) is 0 Å². The molecular weight excluding hydrogens is 321 g/mol. The summed E-state index contributed by atoms with van der Waals surface area (Å²) in [5.41, 5.74) is 0.896. The molecule has 1 aliphatic carbocycles. The first-order valence-corrected chi connectivity index (χ1v) is 8.09. The highest BCUT2D eigenvalue weighted by Crippen LogP contribution is 2.22. The number of aliphatic imine (C=N–C) groups is 1. The van der Waals surface area contributed by atoms with E-state index in [1.54, 1.807) is 6.20 Å². The van der Waals surface area contributed by atoms with Gasteiger partial charge in [0.1, 0.15) is 6.10 Å². The van der Waals surface area contributed by atoms with Crippen molar-refractivity contribution in [3.05, 3.63) is 23.9 Å². The van der Waals surface area contributed by atoms with Crippen molar-refractivity contribution in [2.75, 3.05) is 13.6 Å². The number of halogens is 3. The molecule has 134 valence electrons. The second-order valence-electron chi connectivity index (χ2n) is 5.75. The number of nitrogens with zero attached hydrogens (tertiary/aromatic N) is 2. The molecule has 1 aromatic rings. The quantitative estimate of drug-likeness (QED) is 0.615. The van der Waals surface area contributed by atoms with Gasteiger partial charge in [-0.3, -0.25) is 4.99 Å². The largest absolute Gasteiger partial charge is 0.474 e.